The summed E-state index contributed by atoms with van der Waals surface area (Å²) in [7, 11) is 0. The Morgan fingerprint density at radius 3 is 1.86 bits per heavy atom. The number of aromatic nitrogens is 3. The summed E-state index contributed by atoms with van der Waals surface area (Å²) in [6.45, 7) is 0. The summed E-state index contributed by atoms with van der Waals surface area (Å²) < 4.78 is 8.92. The lowest BCUT2D eigenvalue weighted by atomic mass is 9.95. The van der Waals surface area contributed by atoms with Gasteiger partial charge in [0.15, 0.2) is 17.5 Å². The normalized spacial score (nSPS) is 11.8. The molecule has 58 heavy (non-hydrogen) atoms. The first kappa shape index (κ1) is 32.7. The molecule has 12 aromatic rings. The van der Waals surface area contributed by atoms with Gasteiger partial charge in [0.1, 0.15) is 11.2 Å². The van der Waals surface area contributed by atoms with E-state index < -0.39 is 0 Å². The third-order valence-corrected chi connectivity index (χ3v) is 12.5. The van der Waals surface area contributed by atoms with Crippen LogP contribution in [0.15, 0.2) is 192 Å². The molecule has 5 heteroatoms. The van der Waals surface area contributed by atoms with E-state index in [9.17, 15) is 0 Å². The van der Waals surface area contributed by atoms with Crippen molar-refractivity contribution in [2.75, 3.05) is 0 Å². The first-order valence-electron chi connectivity index (χ1n) is 19.4. The van der Waals surface area contributed by atoms with Gasteiger partial charge in [-0.15, -0.1) is 11.3 Å². The van der Waals surface area contributed by atoms with Crippen LogP contribution >= 0.6 is 11.3 Å². The number of furan rings is 1. The fraction of sp³-hybridized carbons (Fsp3) is 0. The SMILES string of the molecule is c1ccc(-c2nc(-c3cccc(-c4cccc5oc6ccc(-c7ccc8ccc9ccccc9c8c7)cc6c45)c3)nc(-c3cccc4c3sc3ccccc34)n2)cc1. The zero-order chi connectivity index (χ0) is 38.2. The molecule has 0 aliphatic rings. The number of nitrogens with zero attached hydrogens (tertiary/aromatic N) is 3. The number of hydrogen-bond acceptors (Lipinski definition) is 5. The standard InChI is InChI=1S/C53H31N3OS/c1-2-12-34(13-3-1)51-54-52(56-53(55-51)43-20-9-19-42-41-17-6-7-22-48(41)58-50(42)43)38-15-8-14-37(29-38)40-18-10-21-47-49(40)45-31-36(27-28-46(45)57-47)35-26-25-33-24-23-32-11-4-5-16-39(32)44(33)30-35/h1-31H. The summed E-state index contributed by atoms with van der Waals surface area (Å²) in [6.07, 6.45) is 0. The Kier molecular flexibility index (Phi) is 7.37. The van der Waals surface area contributed by atoms with Crippen molar-refractivity contribution in [2.45, 2.75) is 0 Å². The number of thiophene rings is 1. The fourth-order valence-electron chi connectivity index (χ4n) is 8.52. The van der Waals surface area contributed by atoms with Gasteiger partial charge in [-0.25, -0.2) is 15.0 Å². The highest BCUT2D eigenvalue weighted by atomic mass is 32.1. The van der Waals surface area contributed by atoms with E-state index in [2.05, 4.69) is 170 Å². The van der Waals surface area contributed by atoms with Gasteiger partial charge in [0.05, 0.1) is 0 Å². The molecule has 3 aromatic heterocycles. The monoisotopic (exact) mass is 757 g/mol. The van der Waals surface area contributed by atoms with Gasteiger partial charge in [-0.1, -0.05) is 146 Å². The van der Waals surface area contributed by atoms with Crippen molar-refractivity contribution in [1.29, 1.82) is 0 Å². The van der Waals surface area contributed by atoms with Crippen LogP contribution in [0, 0.1) is 0 Å². The molecule has 12 rings (SSSR count). The molecule has 0 fully saturated rings. The average Bonchev–Trinajstić information content (AvgIpc) is 3.87. The molecular weight excluding hydrogens is 727 g/mol. The Bertz CT molecular complexity index is 3590. The Hall–Kier alpha value is -7.47. The minimum atomic E-state index is 0.624. The quantitative estimate of drug-likeness (QED) is 0.164. The zero-order valence-electron chi connectivity index (χ0n) is 31.1. The maximum atomic E-state index is 6.50. The smallest absolute Gasteiger partial charge is 0.165 e. The van der Waals surface area contributed by atoms with Crippen LogP contribution in [0.4, 0.5) is 0 Å². The Morgan fingerprint density at radius 1 is 0.345 bits per heavy atom. The molecule has 0 saturated carbocycles. The van der Waals surface area contributed by atoms with Crippen LogP contribution in [0.1, 0.15) is 0 Å². The predicted molar refractivity (Wildman–Crippen MR) is 242 cm³/mol. The number of rotatable bonds is 5. The second kappa shape index (κ2) is 13.1. The first-order chi connectivity index (χ1) is 28.7. The molecule has 0 atom stereocenters. The van der Waals surface area contributed by atoms with Crippen LogP contribution in [-0.2, 0) is 0 Å². The van der Waals surface area contributed by atoms with Crippen LogP contribution in [0.25, 0.3) is 120 Å². The van der Waals surface area contributed by atoms with Crippen LogP contribution in [0.3, 0.4) is 0 Å². The van der Waals surface area contributed by atoms with Crippen molar-refractivity contribution < 1.29 is 4.42 Å². The minimum Gasteiger partial charge on any atom is -0.456 e. The van der Waals surface area contributed by atoms with Crippen LogP contribution in [0.5, 0.6) is 0 Å². The lowest BCUT2D eigenvalue weighted by Crippen LogP contribution is -2.00. The zero-order valence-corrected chi connectivity index (χ0v) is 31.9. The largest absolute Gasteiger partial charge is 0.456 e. The van der Waals surface area contributed by atoms with Crippen molar-refractivity contribution in [3.05, 3.63) is 188 Å². The summed E-state index contributed by atoms with van der Waals surface area (Å²) >= 11 is 1.78. The van der Waals surface area contributed by atoms with Crippen LogP contribution < -0.4 is 0 Å². The Balaban J connectivity index is 1.01. The molecule has 9 aromatic carbocycles. The molecule has 0 radical (unpaired) electrons. The second-order valence-corrected chi connectivity index (χ2v) is 15.8. The van der Waals surface area contributed by atoms with E-state index in [0.717, 1.165) is 55.3 Å². The molecule has 0 saturated heterocycles. The molecule has 3 heterocycles. The predicted octanol–water partition coefficient (Wildman–Crippen LogP) is 14.8. The van der Waals surface area contributed by atoms with Crippen LogP contribution in [-0.4, -0.2) is 15.0 Å². The molecule has 0 unspecified atom stereocenters. The first-order valence-corrected chi connectivity index (χ1v) is 20.2. The molecule has 0 amide bonds. The topological polar surface area (TPSA) is 51.8 Å². The average molecular weight is 758 g/mol. The lowest BCUT2D eigenvalue weighted by molar-refractivity contribution is 0.669. The van der Waals surface area contributed by atoms with E-state index in [1.165, 1.54) is 47.3 Å². The van der Waals surface area contributed by atoms with Crippen molar-refractivity contribution in [2.24, 2.45) is 0 Å². The third-order valence-electron chi connectivity index (χ3n) is 11.3. The Morgan fingerprint density at radius 2 is 0.966 bits per heavy atom. The van der Waals surface area contributed by atoms with Gasteiger partial charge >= 0.3 is 0 Å². The van der Waals surface area contributed by atoms with Gasteiger partial charge in [-0.3, -0.25) is 0 Å². The summed E-state index contributed by atoms with van der Waals surface area (Å²) in [5.74, 6) is 1.92. The third kappa shape index (κ3) is 5.32. The van der Waals surface area contributed by atoms with Crippen molar-refractivity contribution in [1.82, 2.24) is 15.0 Å². The fourth-order valence-corrected chi connectivity index (χ4v) is 9.73. The van der Waals surface area contributed by atoms with Gasteiger partial charge in [0.2, 0.25) is 0 Å². The summed E-state index contributed by atoms with van der Waals surface area (Å²) in [5, 5.41) is 9.61. The van der Waals surface area contributed by atoms with E-state index >= 15 is 0 Å². The van der Waals surface area contributed by atoms with Crippen molar-refractivity contribution >= 4 is 75.0 Å². The maximum absolute atomic E-state index is 6.50. The highest BCUT2D eigenvalue weighted by Gasteiger charge is 2.19. The molecule has 0 spiro atoms. The lowest BCUT2D eigenvalue weighted by Gasteiger charge is -2.11. The summed E-state index contributed by atoms with van der Waals surface area (Å²) in [5.41, 5.74) is 9.03. The molecule has 0 aliphatic heterocycles. The van der Waals surface area contributed by atoms with Gasteiger partial charge in [0.25, 0.3) is 0 Å². The van der Waals surface area contributed by atoms with E-state index in [-0.39, 0.29) is 0 Å². The summed E-state index contributed by atoms with van der Waals surface area (Å²) in [6, 6.07) is 66.3. The molecule has 4 nitrogen and oxygen atoms in total. The molecular formula is C53H31N3OS. The molecule has 270 valence electrons. The maximum Gasteiger partial charge on any atom is 0.165 e. The van der Waals surface area contributed by atoms with Crippen LogP contribution in [0.2, 0.25) is 0 Å². The number of hydrogen-bond donors (Lipinski definition) is 0. The van der Waals surface area contributed by atoms with Gasteiger partial charge < -0.3 is 4.42 Å². The number of fused-ring (bicyclic) bond motifs is 9. The number of benzene rings is 9. The van der Waals surface area contributed by atoms with Crippen molar-refractivity contribution in [3.8, 4) is 56.4 Å². The van der Waals surface area contributed by atoms with E-state index in [4.69, 9.17) is 19.4 Å². The molecule has 0 bridgehead atoms. The van der Waals surface area contributed by atoms with Gasteiger partial charge in [0, 0.05) is 47.6 Å². The van der Waals surface area contributed by atoms with E-state index in [0.29, 0.717) is 17.5 Å². The minimum absolute atomic E-state index is 0.624. The molecule has 0 N–H and O–H groups in total. The highest BCUT2D eigenvalue weighted by molar-refractivity contribution is 7.26. The summed E-state index contributed by atoms with van der Waals surface area (Å²) in [4.78, 5) is 15.4. The second-order valence-electron chi connectivity index (χ2n) is 14.7. The van der Waals surface area contributed by atoms with E-state index in [1.807, 2.05) is 18.2 Å². The Labute approximate surface area is 337 Å². The van der Waals surface area contributed by atoms with Gasteiger partial charge in [-0.2, -0.15) is 0 Å². The van der Waals surface area contributed by atoms with Gasteiger partial charge in [-0.05, 0) is 86.3 Å². The van der Waals surface area contributed by atoms with E-state index in [1.54, 1.807) is 11.3 Å². The molecule has 0 aliphatic carbocycles. The highest BCUT2D eigenvalue weighted by Crippen LogP contribution is 2.42. The van der Waals surface area contributed by atoms with Crippen molar-refractivity contribution in [3.63, 3.8) is 0 Å².